The molecule has 0 unspecified atom stereocenters. The molecule has 1 atom stereocenters. The van der Waals surface area contributed by atoms with Crippen molar-refractivity contribution in [2.75, 3.05) is 7.11 Å². The molecule has 0 aromatic heterocycles. The third-order valence-electron chi connectivity index (χ3n) is 2.65. The second-order valence-electron chi connectivity index (χ2n) is 4.46. The molecule has 1 rings (SSSR count). The van der Waals surface area contributed by atoms with Crippen LogP contribution in [0.1, 0.15) is 38.3 Å². The molecule has 4 heteroatoms. The number of rotatable bonds is 5. The lowest BCUT2D eigenvalue weighted by Crippen LogP contribution is -2.12. The Bertz CT molecular complexity index is 342. The van der Waals surface area contributed by atoms with E-state index in [4.69, 9.17) is 22.1 Å². The highest BCUT2D eigenvalue weighted by Crippen LogP contribution is 2.29. The maximum absolute atomic E-state index is 6.15. The van der Waals surface area contributed by atoms with Crippen LogP contribution in [0.15, 0.2) is 18.2 Å². The molecule has 0 saturated heterocycles. The summed E-state index contributed by atoms with van der Waals surface area (Å²) in [5.41, 5.74) is 7.15. The van der Waals surface area contributed by atoms with Crippen LogP contribution in [0.3, 0.4) is 0 Å². The highest BCUT2D eigenvalue weighted by molar-refractivity contribution is 6.30. The van der Waals surface area contributed by atoms with Crippen molar-refractivity contribution >= 4 is 24.0 Å². The molecular formula is C13H21Cl2NO. The molecule has 0 amide bonds. The number of nitrogens with two attached hydrogens (primary N) is 1. The Morgan fingerprint density at radius 1 is 1.29 bits per heavy atom. The van der Waals surface area contributed by atoms with E-state index in [9.17, 15) is 0 Å². The first-order valence-corrected chi connectivity index (χ1v) is 6.01. The fourth-order valence-electron chi connectivity index (χ4n) is 1.66. The van der Waals surface area contributed by atoms with E-state index in [1.807, 2.05) is 18.2 Å². The quantitative estimate of drug-likeness (QED) is 0.875. The van der Waals surface area contributed by atoms with Crippen LogP contribution in [-0.2, 0) is 0 Å². The van der Waals surface area contributed by atoms with Crippen LogP contribution in [0.25, 0.3) is 0 Å². The van der Waals surface area contributed by atoms with Gasteiger partial charge in [0, 0.05) is 16.6 Å². The van der Waals surface area contributed by atoms with Crippen molar-refractivity contribution in [2.24, 2.45) is 11.7 Å². The summed E-state index contributed by atoms with van der Waals surface area (Å²) in [4.78, 5) is 0. The van der Waals surface area contributed by atoms with Gasteiger partial charge >= 0.3 is 0 Å². The van der Waals surface area contributed by atoms with Crippen molar-refractivity contribution in [2.45, 2.75) is 32.7 Å². The minimum Gasteiger partial charge on any atom is -0.496 e. The molecule has 2 N–H and O–H groups in total. The molecule has 1 aromatic rings. The largest absolute Gasteiger partial charge is 0.496 e. The molecule has 0 aliphatic rings. The van der Waals surface area contributed by atoms with E-state index in [0.717, 1.165) is 24.2 Å². The number of halogens is 2. The lowest BCUT2D eigenvalue weighted by Gasteiger charge is -2.17. The van der Waals surface area contributed by atoms with Gasteiger partial charge in [0.25, 0.3) is 0 Å². The predicted molar refractivity (Wildman–Crippen MR) is 76.3 cm³/mol. The number of hydrogen-bond donors (Lipinski definition) is 1. The van der Waals surface area contributed by atoms with Gasteiger partial charge in [-0.15, -0.1) is 12.4 Å². The maximum atomic E-state index is 6.15. The summed E-state index contributed by atoms with van der Waals surface area (Å²) >= 11 is 5.97. The molecule has 98 valence electrons. The Morgan fingerprint density at radius 2 is 1.94 bits per heavy atom. The van der Waals surface area contributed by atoms with Crippen LogP contribution in [0, 0.1) is 5.92 Å². The molecule has 0 bridgehead atoms. The van der Waals surface area contributed by atoms with Crippen LogP contribution < -0.4 is 10.5 Å². The van der Waals surface area contributed by atoms with Gasteiger partial charge in [0.1, 0.15) is 5.75 Å². The summed E-state index contributed by atoms with van der Waals surface area (Å²) in [6.45, 7) is 4.39. The molecule has 0 aliphatic carbocycles. The average Bonchev–Trinajstić information content (AvgIpc) is 2.25. The summed E-state index contributed by atoms with van der Waals surface area (Å²) in [6.07, 6.45) is 2.06. The monoisotopic (exact) mass is 277 g/mol. The zero-order valence-corrected chi connectivity index (χ0v) is 12.1. The predicted octanol–water partition coefficient (Wildman–Crippen LogP) is 4.21. The molecule has 0 aliphatic heterocycles. The Balaban J connectivity index is 0.00000256. The molecule has 2 nitrogen and oxygen atoms in total. The number of hydrogen-bond acceptors (Lipinski definition) is 2. The smallest absolute Gasteiger partial charge is 0.123 e. The van der Waals surface area contributed by atoms with Crippen molar-refractivity contribution in [3.63, 3.8) is 0 Å². The standard InChI is InChI=1S/C13H20ClNO.ClH/c1-9(2)4-6-12(15)11-8-10(14)5-7-13(11)16-3;/h5,7-9,12H,4,6,15H2,1-3H3;1H/t12-;/m0./s1. The minimum absolute atomic E-state index is 0. The second-order valence-corrected chi connectivity index (χ2v) is 4.90. The van der Waals surface area contributed by atoms with Crippen LogP contribution in [0.5, 0.6) is 5.75 Å². The first-order valence-electron chi connectivity index (χ1n) is 5.63. The Labute approximate surface area is 115 Å². The second kappa shape index (κ2) is 7.80. The fraction of sp³-hybridized carbons (Fsp3) is 0.538. The normalized spacial score (nSPS) is 12.1. The average molecular weight is 278 g/mol. The van der Waals surface area contributed by atoms with Crippen LogP contribution >= 0.6 is 24.0 Å². The SMILES string of the molecule is COc1ccc(Cl)cc1[C@@H](N)CCC(C)C.Cl. The lowest BCUT2D eigenvalue weighted by molar-refractivity contribution is 0.401. The molecule has 17 heavy (non-hydrogen) atoms. The van der Waals surface area contributed by atoms with Gasteiger partial charge in [-0.2, -0.15) is 0 Å². The topological polar surface area (TPSA) is 35.2 Å². The summed E-state index contributed by atoms with van der Waals surface area (Å²) in [7, 11) is 1.65. The minimum atomic E-state index is -0.00366. The van der Waals surface area contributed by atoms with E-state index < -0.39 is 0 Å². The van der Waals surface area contributed by atoms with Gasteiger partial charge in [-0.25, -0.2) is 0 Å². The van der Waals surface area contributed by atoms with Crippen LogP contribution in [0.2, 0.25) is 5.02 Å². The summed E-state index contributed by atoms with van der Waals surface area (Å²) in [5, 5.41) is 0.704. The third kappa shape index (κ3) is 5.15. The van der Waals surface area contributed by atoms with Crippen molar-refractivity contribution in [3.8, 4) is 5.75 Å². The Morgan fingerprint density at radius 3 is 2.47 bits per heavy atom. The maximum Gasteiger partial charge on any atom is 0.123 e. The number of methoxy groups -OCH3 is 1. The molecular weight excluding hydrogens is 257 g/mol. The highest BCUT2D eigenvalue weighted by Gasteiger charge is 2.12. The first-order chi connectivity index (χ1) is 7.54. The third-order valence-corrected chi connectivity index (χ3v) is 2.88. The van der Waals surface area contributed by atoms with E-state index in [1.54, 1.807) is 7.11 Å². The van der Waals surface area contributed by atoms with Crippen molar-refractivity contribution in [1.82, 2.24) is 0 Å². The zero-order chi connectivity index (χ0) is 12.1. The van der Waals surface area contributed by atoms with Gasteiger partial charge in [-0.05, 0) is 37.0 Å². The van der Waals surface area contributed by atoms with Gasteiger partial charge in [0.15, 0.2) is 0 Å². The van der Waals surface area contributed by atoms with E-state index in [1.165, 1.54) is 0 Å². The van der Waals surface area contributed by atoms with Crippen LogP contribution in [-0.4, -0.2) is 7.11 Å². The molecule has 0 radical (unpaired) electrons. The van der Waals surface area contributed by atoms with Crippen molar-refractivity contribution in [1.29, 1.82) is 0 Å². The summed E-state index contributed by atoms with van der Waals surface area (Å²) < 4.78 is 5.29. The molecule has 0 fully saturated rings. The van der Waals surface area contributed by atoms with Crippen molar-refractivity contribution in [3.05, 3.63) is 28.8 Å². The Hall–Kier alpha value is -0.440. The van der Waals surface area contributed by atoms with E-state index in [-0.39, 0.29) is 18.4 Å². The number of ether oxygens (including phenoxy) is 1. The highest BCUT2D eigenvalue weighted by atomic mass is 35.5. The Kier molecular flexibility index (Phi) is 7.60. The molecule has 0 spiro atoms. The van der Waals surface area contributed by atoms with Gasteiger partial charge in [0.2, 0.25) is 0 Å². The molecule has 0 heterocycles. The lowest BCUT2D eigenvalue weighted by atomic mass is 9.98. The van der Waals surface area contributed by atoms with Gasteiger partial charge in [-0.1, -0.05) is 25.4 Å². The molecule has 0 saturated carbocycles. The summed E-state index contributed by atoms with van der Waals surface area (Å²) in [6, 6.07) is 5.58. The fourth-order valence-corrected chi connectivity index (χ4v) is 1.84. The summed E-state index contributed by atoms with van der Waals surface area (Å²) in [5.74, 6) is 1.48. The van der Waals surface area contributed by atoms with Gasteiger partial charge in [0.05, 0.1) is 7.11 Å². The number of benzene rings is 1. The molecule has 1 aromatic carbocycles. The van der Waals surface area contributed by atoms with E-state index in [2.05, 4.69) is 13.8 Å². The first kappa shape index (κ1) is 16.6. The van der Waals surface area contributed by atoms with Gasteiger partial charge in [-0.3, -0.25) is 0 Å². The van der Waals surface area contributed by atoms with Gasteiger partial charge < -0.3 is 10.5 Å². The zero-order valence-electron chi connectivity index (χ0n) is 10.6. The van der Waals surface area contributed by atoms with E-state index in [0.29, 0.717) is 10.9 Å². The van der Waals surface area contributed by atoms with E-state index >= 15 is 0 Å². The van der Waals surface area contributed by atoms with Crippen molar-refractivity contribution < 1.29 is 4.74 Å². The van der Waals surface area contributed by atoms with Crippen LogP contribution in [0.4, 0.5) is 0 Å².